The van der Waals surface area contributed by atoms with Crippen LogP contribution in [0.3, 0.4) is 0 Å². The number of ether oxygens (including phenoxy) is 1. The van der Waals surface area contributed by atoms with Gasteiger partial charge in [-0.2, -0.15) is 0 Å². The highest BCUT2D eigenvalue weighted by atomic mass is 127. The van der Waals surface area contributed by atoms with E-state index in [2.05, 4.69) is 48.3 Å². The van der Waals surface area contributed by atoms with Gasteiger partial charge in [0.05, 0.1) is 6.20 Å². The van der Waals surface area contributed by atoms with E-state index >= 15 is 0 Å². The Bertz CT molecular complexity index is 575. The van der Waals surface area contributed by atoms with Crippen molar-refractivity contribution in [2.75, 3.05) is 26.8 Å². The summed E-state index contributed by atoms with van der Waals surface area (Å²) in [5, 5.41) is 6.86. The summed E-state index contributed by atoms with van der Waals surface area (Å²) in [5.74, 6) is 2.37. The Kier molecular flexibility index (Phi) is 10.1. The van der Waals surface area contributed by atoms with Gasteiger partial charge in [0, 0.05) is 32.2 Å². The minimum absolute atomic E-state index is 0. The molecule has 0 spiro atoms. The number of nitrogens with zero attached hydrogens (tertiary/aromatic N) is 2. The molecule has 0 saturated heterocycles. The van der Waals surface area contributed by atoms with Gasteiger partial charge in [0.1, 0.15) is 12.3 Å². The van der Waals surface area contributed by atoms with E-state index in [4.69, 9.17) is 9.15 Å². The second-order valence-electron chi connectivity index (χ2n) is 8.37. The molecule has 0 aliphatic heterocycles. The van der Waals surface area contributed by atoms with E-state index in [0.29, 0.717) is 17.9 Å². The third-order valence-electron chi connectivity index (χ3n) is 5.14. The van der Waals surface area contributed by atoms with Crippen molar-refractivity contribution in [2.45, 2.75) is 71.8 Å². The fraction of sp³-hybridized carbons (Fsp3) is 0.800. The molecule has 0 atom stereocenters. The molecule has 0 unspecified atom stereocenters. The zero-order chi connectivity index (χ0) is 19.0. The van der Waals surface area contributed by atoms with Crippen LogP contribution in [0.1, 0.15) is 71.5 Å². The summed E-state index contributed by atoms with van der Waals surface area (Å²) in [5.41, 5.74) is 0.294. The highest BCUT2D eigenvalue weighted by Gasteiger charge is 2.33. The fourth-order valence-electron chi connectivity index (χ4n) is 3.45. The summed E-state index contributed by atoms with van der Waals surface area (Å²) < 4.78 is 11.2. The molecule has 0 aromatic carbocycles. The van der Waals surface area contributed by atoms with Gasteiger partial charge in [-0.15, -0.1) is 24.0 Å². The Labute approximate surface area is 181 Å². The third-order valence-corrected chi connectivity index (χ3v) is 5.14. The molecule has 1 aromatic rings. The van der Waals surface area contributed by atoms with Crippen molar-refractivity contribution in [3.05, 3.63) is 17.8 Å². The normalized spacial score (nSPS) is 16.9. The van der Waals surface area contributed by atoms with Crippen LogP contribution in [0.2, 0.25) is 0 Å². The first-order valence-corrected chi connectivity index (χ1v) is 9.85. The molecule has 6 nitrogen and oxygen atoms in total. The van der Waals surface area contributed by atoms with Gasteiger partial charge in [-0.3, -0.25) is 0 Å². The molecule has 1 aliphatic rings. The zero-order valence-corrected chi connectivity index (χ0v) is 19.9. The summed E-state index contributed by atoms with van der Waals surface area (Å²) in [7, 11) is 1.78. The molecule has 0 radical (unpaired) electrons. The number of methoxy groups -OCH3 is 1. The molecular formula is C20H37IN4O2. The first kappa shape index (κ1) is 24.2. The molecule has 1 aromatic heterocycles. The molecule has 1 aliphatic carbocycles. The second kappa shape index (κ2) is 11.2. The van der Waals surface area contributed by atoms with Crippen molar-refractivity contribution in [3.63, 3.8) is 0 Å². The number of nitrogens with one attached hydrogen (secondary N) is 2. The topological polar surface area (TPSA) is 71.7 Å². The van der Waals surface area contributed by atoms with Crippen molar-refractivity contribution >= 4 is 29.9 Å². The molecule has 7 heteroatoms. The number of guanidine groups is 1. The van der Waals surface area contributed by atoms with Crippen molar-refractivity contribution < 1.29 is 9.15 Å². The third kappa shape index (κ3) is 7.60. The predicted octanol–water partition coefficient (Wildman–Crippen LogP) is 4.24. The van der Waals surface area contributed by atoms with Crippen molar-refractivity contribution in [1.29, 1.82) is 0 Å². The average molecular weight is 492 g/mol. The summed E-state index contributed by atoms with van der Waals surface area (Å²) in [6.45, 7) is 11.5. The van der Waals surface area contributed by atoms with E-state index in [1.807, 2.05) is 6.20 Å². The van der Waals surface area contributed by atoms with Gasteiger partial charge in [0.2, 0.25) is 5.89 Å². The van der Waals surface area contributed by atoms with Crippen molar-refractivity contribution in [2.24, 2.45) is 10.4 Å². The number of hydrogen-bond donors (Lipinski definition) is 2. The lowest BCUT2D eigenvalue weighted by atomic mass is 9.83. The van der Waals surface area contributed by atoms with E-state index in [1.54, 1.807) is 7.11 Å². The fourth-order valence-corrected chi connectivity index (χ4v) is 3.45. The maximum Gasteiger partial charge on any atom is 0.216 e. The van der Waals surface area contributed by atoms with E-state index in [-0.39, 0.29) is 29.4 Å². The molecule has 0 bridgehead atoms. The van der Waals surface area contributed by atoms with Crippen LogP contribution in [0.25, 0.3) is 0 Å². The Morgan fingerprint density at radius 3 is 2.56 bits per heavy atom. The van der Waals surface area contributed by atoms with Gasteiger partial charge < -0.3 is 19.8 Å². The molecule has 27 heavy (non-hydrogen) atoms. The van der Waals surface area contributed by atoms with Crippen LogP contribution in [0.5, 0.6) is 0 Å². The summed E-state index contributed by atoms with van der Waals surface area (Å²) in [6, 6.07) is 0. The number of aromatic nitrogens is 1. The van der Waals surface area contributed by atoms with Gasteiger partial charge in [-0.05, 0) is 31.6 Å². The van der Waals surface area contributed by atoms with Gasteiger partial charge in [-0.1, -0.05) is 33.6 Å². The van der Waals surface area contributed by atoms with E-state index in [9.17, 15) is 0 Å². The first-order chi connectivity index (χ1) is 12.4. The summed E-state index contributed by atoms with van der Waals surface area (Å²) in [6.07, 6.45) is 8.05. The van der Waals surface area contributed by atoms with Crippen LogP contribution in [-0.2, 0) is 16.7 Å². The van der Waals surface area contributed by atoms with Gasteiger partial charge >= 0.3 is 0 Å². The maximum atomic E-state index is 5.84. The quantitative estimate of drug-likeness (QED) is 0.323. The minimum atomic E-state index is -0.0338. The summed E-state index contributed by atoms with van der Waals surface area (Å²) >= 11 is 0. The van der Waals surface area contributed by atoms with E-state index in [1.165, 1.54) is 25.7 Å². The van der Waals surface area contributed by atoms with Gasteiger partial charge in [0.25, 0.3) is 0 Å². The van der Waals surface area contributed by atoms with Crippen molar-refractivity contribution in [1.82, 2.24) is 15.6 Å². The number of rotatable bonds is 8. The minimum Gasteiger partial charge on any atom is -0.443 e. The number of halogens is 1. The molecule has 0 amide bonds. The Morgan fingerprint density at radius 1 is 1.30 bits per heavy atom. The SMILES string of the molecule is CCNC(=NCc1ncc(C(C)(C)C)o1)NCC1(CCOC)CCCC1.I. The Hall–Kier alpha value is -0.830. The highest BCUT2D eigenvalue weighted by molar-refractivity contribution is 14.0. The number of oxazole rings is 1. The monoisotopic (exact) mass is 492 g/mol. The van der Waals surface area contributed by atoms with E-state index < -0.39 is 0 Å². The molecular weight excluding hydrogens is 455 g/mol. The number of hydrogen-bond acceptors (Lipinski definition) is 4. The van der Waals surface area contributed by atoms with Gasteiger partial charge in [-0.25, -0.2) is 9.98 Å². The second-order valence-corrected chi connectivity index (χ2v) is 8.37. The summed E-state index contributed by atoms with van der Waals surface area (Å²) in [4.78, 5) is 9.02. The Balaban J connectivity index is 0.00000364. The van der Waals surface area contributed by atoms with Crippen LogP contribution in [0, 0.1) is 5.41 Å². The van der Waals surface area contributed by atoms with Crippen LogP contribution in [-0.4, -0.2) is 37.7 Å². The maximum absolute atomic E-state index is 5.84. The predicted molar refractivity (Wildman–Crippen MR) is 121 cm³/mol. The molecule has 1 fully saturated rings. The van der Waals surface area contributed by atoms with Crippen molar-refractivity contribution in [3.8, 4) is 0 Å². The Morgan fingerprint density at radius 2 is 2.00 bits per heavy atom. The molecule has 2 N–H and O–H groups in total. The highest BCUT2D eigenvalue weighted by Crippen LogP contribution is 2.40. The molecule has 1 saturated carbocycles. The van der Waals surface area contributed by atoms with E-state index in [0.717, 1.165) is 37.8 Å². The number of aliphatic imine (C=N–C) groups is 1. The lowest BCUT2D eigenvalue weighted by Gasteiger charge is -2.29. The largest absolute Gasteiger partial charge is 0.443 e. The van der Waals surface area contributed by atoms with Crippen LogP contribution in [0.4, 0.5) is 0 Å². The standard InChI is InChI=1S/C20H36N4O2.HI/c1-6-21-18(23-14-17-22-13-16(26-17)19(2,3)4)24-15-20(11-12-25-5)9-7-8-10-20;/h13H,6-12,14-15H2,1-5H3,(H2,21,23,24);1H. The smallest absolute Gasteiger partial charge is 0.216 e. The molecule has 2 rings (SSSR count). The van der Waals surface area contributed by atoms with Crippen LogP contribution in [0.15, 0.2) is 15.6 Å². The molecule has 156 valence electrons. The molecule has 1 heterocycles. The average Bonchev–Trinajstić information content (AvgIpc) is 3.25. The van der Waals surface area contributed by atoms with Crippen LogP contribution >= 0.6 is 24.0 Å². The zero-order valence-electron chi connectivity index (χ0n) is 17.6. The lowest BCUT2D eigenvalue weighted by Crippen LogP contribution is -2.43. The first-order valence-electron chi connectivity index (χ1n) is 9.85. The van der Waals surface area contributed by atoms with Gasteiger partial charge in [0.15, 0.2) is 5.96 Å². The van der Waals surface area contributed by atoms with Crippen LogP contribution < -0.4 is 10.6 Å². The lowest BCUT2D eigenvalue weighted by molar-refractivity contribution is 0.138.